The number of methoxy groups -OCH3 is 1. The van der Waals surface area contributed by atoms with Gasteiger partial charge < -0.3 is 9.84 Å². The van der Waals surface area contributed by atoms with Crippen molar-refractivity contribution in [3.63, 3.8) is 0 Å². The molecule has 13 heavy (non-hydrogen) atoms. The molecule has 0 aliphatic heterocycles. The zero-order chi connectivity index (χ0) is 10.9. The van der Waals surface area contributed by atoms with E-state index in [0.717, 1.165) is 6.08 Å². The molecule has 0 aromatic heterocycles. The Morgan fingerprint density at radius 3 is 2.00 bits per heavy atom. The summed E-state index contributed by atoms with van der Waals surface area (Å²) in [6.07, 6.45) is 1.39. The monoisotopic (exact) mass is 188 g/mol. The molecule has 0 atom stereocenters. The van der Waals surface area contributed by atoms with Crippen LogP contribution in [0.5, 0.6) is 0 Å². The second-order valence-corrected chi connectivity index (χ2v) is 2.72. The molecule has 0 spiro atoms. The summed E-state index contributed by atoms with van der Waals surface area (Å²) >= 11 is 0. The van der Waals surface area contributed by atoms with Crippen LogP contribution in [0.4, 0.5) is 0 Å². The molecule has 4 heteroatoms. The normalized spacial score (nSPS) is 8.31. The molecule has 1 N–H and O–H groups in total. The summed E-state index contributed by atoms with van der Waals surface area (Å²) in [7, 11) is 1.31. The van der Waals surface area contributed by atoms with Gasteiger partial charge in [0.1, 0.15) is 0 Å². The first-order chi connectivity index (χ1) is 5.93. The highest BCUT2D eigenvalue weighted by Gasteiger charge is 1.98. The number of esters is 1. The van der Waals surface area contributed by atoms with Crippen molar-refractivity contribution >= 4 is 11.9 Å². The molecule has 0 saturated heterocycles. The zero-order valence-electron chi connectivity index (χ0n) is 8.24. The molecule has 0 aliphatic carbocycles. The highest BCUT2D eigenvalue weighted by Crippen LogP contribution is 1.96. The van der Waals surface area contributed by atoms with Crippen molar-refractivity contribution in [2.45, 2.75) is 20.3 Å². The molecule has 0 bridgehead atoms. The van der Waals surface area contributed by atoms with Crippen LogP contribution in [-0.2, 0) is 14.3 Å². The van der Waals surface area contributed by atoms with E-state index >= 15 is 0 Å². The average molecular weight is 188 g/mol. The lowest BCUT2D eigenvalue weighted by molar-refractivity contribution is -0.138. The molecule has 0 heterocycles. The van der Waals surface area contributed by atoms with E-state index in [4.69, 9.17) is 5.11 Å². The Kier molecular flexibility index (Phi) is 9.60. The number of carboxylic acids is 1. The number of rotatable bonds is 3. The molecule has 0 amide bonds. The summed E-state index contributed by atoms with van der Waals surface area (Å²) < 4.78 is 4.14. The van der Waals surface area contributed by atoms with E-state index in [0.29, 0.717) is 0 Å². The quantitative estimate of drug-likeness (QED) is 0.538. The summed E-state index contributed by atoms with van der Waals surface area (Å²) in [5.41, 5.74) is 0. The van der Waals surface area contributed by atoms with Gasteiger partial charge in [0.15, 0.2) is 0 Å². The van der Waals surface area contributed by atoms with E-state index < -0.39 is 11.9 Å². The Morgan fingerprint density at radius 1 is 1.54 bits per heavy atom. The molecule has 0 aromatic rings. The minimum Gasteiger partial charge on any atom is -0.481 e. The van der Waals surface area contributed by atoms with Crippen LogP contribution in [0.1, 0.15) is 20.3 Å². The van der Waals surface area contributed by atoms with E-state index in [-0.39, 0.29) is 12.3 Å². The standard InChI is InChI=1S/C5H10O2.C4H6O2/c1-4(2)3-5(6)7;1-3-4(5)6-2/h4H,3H2,1-2H3,(H,6,7);3H,1H2,2H3. The van der Waals surface area contributed by atoms with Gasteiger partial charge in [0, 0.05) is 12.5 Å². The first kappa shape index (κ1) is 14.2. The van der Waals surface area contributed by atoms with Gasteiger partial charge in [-0.15, -0.1) is 0 Å². The van der Waals surface area contributed by atoms with E-state index in [1.54, 1.807) is 0 Å². The Labute approximate surface area is 78.2 Å². The fourth-order valence-electron chi connectivity index (χ4n) is 0.433. The Morgan fingerprint density at radius 2 is 2.00 bits per heavy atom. The van der Waals surface area contributed by atoms with Gasteiger partial charge >= 0.3 is 11.9 Å². The van der Waals surface area contributed by atoms with Crippen molar-refractivity contribution < 1.29 is 19.4 Å². The fraction of sp³-hybridized carbons (Fsp3) is 0.556. The largest absolute Gasteiger partial charge is 0.481 e. The summed E-state index contributed by atoms with van der Waals surface area (Å²) in [4.78, 5) is 19.6. The first-order valence-electron chi connectivity index (χ1n) is 3.86. The first-order valence-corrected chi connectivity index (χ1v) is 3.86. The van der Waals surface area contributed by atoms with E-state index in [2.05, 4.69) is 11.3 Å². The van der Waals surface area contributed by atoms with Gasteiger partial charge in [0.2, 0.25) is 0 Å². The number of ether oxygens (including phenoxy) is 1. The smallest absolute Gasteiger partial charge is 0.329 e. The van der Waals surface area contributed by atoms with Crippen LogP contribution in [-0.4, -0.2) is 24.2 Å². The highest BCUT2D eigenvalue weighted by atomic mass is 16.5. The third-order valence-electron chi connectivity index (χ3n) is 0.951. The Hall–Kier alpha value is -1.32. The van der Waals surface area contributed by atoms with Gasteiger partial charge in [-0.25, -0.2) is 4.79 Å². The molecule has 76 valence electrons. The van der Waals surface area contributed by atoms with E-state index in [9.17, 15) is 9.59 Å². The highest BCUT2D eigenvalue weighted by molar-refractivity contribution is 5.80. The predicted molar refractivity (Wildman–Crippen MR) is 49.3 cm³/mol. The maximum atomic E-state index is 9.84. The van der Waals surface area contributed by atoms with Crippen molar-refractivity contribution in [2.24, 2.45) is 5.92 Å². The summed E-state index contributed by atoms with van der Waals surface area (Å²) in [6.45, 7) is 6.92. The lowest BCUT2D eigenvalue weighted by Gasteiger charge is -1.94. The molecule has 0 rings (SSSR count). The SMILES string of the molecule is C=CC(=O)OC.CC(C)CC(=O)O. The van der Waals surface area contributed by atoms with Crippen molar-refractivity contribution in [2.75, 3.05) is 7.11 Å². The van der Waals surface area contributed by atoms with Crippen LogP contribution in [0.15, 0.2) is 12.7 Å². The number of carbonyl (C=O) groups is 2. The number of aliphatic carboxylic acids is 1. The molecular weight excluding hydrogens is 172 g/mol. The third-order valence-corrected chi connectivity index (χ3v) is 0.951. The van der Waals surface area contributed by atoms with Crippen LogP contribution >= 0.6 is 0 Å². The molecular formula is C9H16O4. The van der Waals surface area contributed by atoms with Crippen LogP contribution in [0.3, 0.4) is 0 Å². The summed E-state index contributed by atoms with van der Waals surface area (Å²) in [6, 6.07) is 0. The van der Waals surface area contributed by atoms with Gasteiger partial charge in [-0.1, -0.05) is 20.4 Å². The minimum atomic E-state index is -0.713. The van der Waals surface area contributed by atoms with Crippen LogP contribution in [0.25, 0.3) is 0 Å². The van der Waals surface area contributed by atoms with Gasteiger partial charge in [-0.2, -0.15) is 0 Å². The van der Waals surface area contributed by atoms with Gasteiger partial charge in [0.25, 0.3) is 0 Å². The van der Waals surface area contributed by atoms with Crippen molar-refractivity contribution in [1.29, 1.82) is 0 Å². The van der Waals surface area contributed by atoms with Crippen LogP contribution in [0, 0.1) is 5.92 Å². The lowest BCUT2D eigenvalue weighted by atomic mass is 10.1. The second-order valence-electron chi connectivity index (χ2n) is 2.72. The van der Waals surface area contributed by atoms with Crippen LogP contribution in [0.2, 0.25) is 0 Å². The fourth-order valence-corrected chi connectivity index (χ4v) is 0.433. The molecule has 0 unspecified atom stereocenters. The van der Waals surface area contributed by atoms with Crippen molar-refractivity contribution in [3.8, 4) is 0 Å². The maximum absolute atomic E-state index is 9.84. The molecule has 0 radical (unpaired) electrons. The zero-order valence-corrected chi connectivity index (χ0v) is 8.24. The lowest BCUT2D eigenvalue weighted by Crippen LogP contribution is -1.99. The van der Waals surface area contributed by atoms with Crippen molar-refractivity contribution in [1.82, 2.24) is 0 Å². The van der Waals surface area contributed by atoms with Gasteiger partial charge in [0.05, 0.1) is 7.11 Å². The molecule has 4 nitrogen and oxygen atoms in total. The molecule has 0 aromatic carbocycles. The van der Waals surface area contributed by atoms with E-state index in [1.165, 1.54) is 7.11 Å². The molecule has 0 aliphatic rings. The summed E-state index contributed by atoms with van der Waals surface area (Å²) in [5.74, 6) is -0.831. The minimum absolute atomic E-state index is 0.275. The number of carboxylic acid groups (broad SMARTS) is 1. The predicted octanol–water partition coefficient (Wildman–Crippen LogP) is 1.46. The summed E-state index contributed by atoms with van der Waals surface area (Å²) in [5, 5.41) is 8.08. The van der Waals surface area contributed by atoms with Gasteiger partial charge in [-0.3, -0.25) is 4.79 Å². The molecule has 0 saturated carbocycles. The third kappa shape index (κ3) is 18.0. The second kappa shape index (κ2) is 8.77. The number of hydrogen-bond donors (Lipinski definition) is 1. The number of carbonyl (C=O) groups excluding carboxylic acids is 1. The van der Waals surface area contributed by atoms with Crippen molar-refractivity contribution in [3.05, 3.63) is 12.7 Å². The Bertz CT molecular complexity index is 172. The Balaban J connectivity index is 0. The average Bonchev–Trinajstić information content (AvgIpc) is 2.01. The van der Waals surface area contributed by atoms with Gasteiger partial charge in [-0.05, 0) is 5.92 Å². The van der Waals surface area contributed by atoms with E-state index in [1.807, 2.05) is 13.8 Å². The molecule has 0 fully saturated rings. The maximum Gasteiger partial charge on any atom is 0.329 e. The van der Waals surface area contributed by atoms with Crippen LogP contribution < -0.4 is 0 Å². The topological polar surface area (TPSA) is 63.6 Å². The number of hydrogen-bond acceptors (Lipinski definition) is 3.